The van der Waals surface area contributed by atoms with Crippen LogP contribution in [0.2, 0.25) is 0 Å². The molecule has 0 unspecified atom stereocenters. The molecule has 0 rings (SSSR count). The van der Waals surface area contributed by atoms with Crippen LogP contribution in [0.4, 0.5) is 0 Å². The van der Waals surface area contributed by atoms with E-state index in [1.807, 2.05) is 0 Å². The highest BCUT2D eigenvalue weighted by Gasteiger charge is 1.95. The van der Waals surface area contributed by atoms with Gasteiger partial charge in [0.15, 0.2) is 0 Å². The maximum atomic E-state index is 10.5. The predicted molar refractivity (Wildman–Crippen MR) is 90.1 cm³/mol. The number of unbranched alkanes of at least 4 members (excludes halogenated alkanes) is 5. The molecule has 0 bridgehead atoms. The summed E-state index contributed by atoms with van der Waals surface area (Å²) in [5.41, 5.74) is 0. The lowest BCUT2D eigenvalue weighted by atomic mass is 10.1. The minimum atomic E-state index is -0.203. The number of hydrogen-bond donors (Lipinski definition) is 0. The van der Waals surface area contributed by atoms with Gasteiger partial charge in [0.25, 0.3) is 0 Å². The maximum absolute atomic E-state index is 10.5. The molecule has 0 radical (unpaired) electrons. The molecule has 0 heterocycles. The highest BCUT2D eigenvalue weighted by atomic mass is 35.5. The average Bonchev–Trinajstić information content (AvgIpc) is 2.43. The largest absolute Gasteiger partial charge is 0.281 e. The molecule has 0 atom stereocenters. The van der Waals surface area contributed by atoms with Crippen LogP contribution in [0.5, 0.6) is 0 Å². The van der Waals surface area contributed by atoms with Gasteiger partial charge in [0, 0.05) is 6.42 Å². The van der Waals surface area contributed by atoms with Crippen molar-refractivity contribution in [3.05, 3.63) is 36.5 Å². The minimum Gasteiger partial charge on any atom is -0.281 e. The molecule has 0 aliphatic rings. The lowest BCUT2D eigenvalue weighted by Gasteiger charge is -1.97. The molecule has 114 valence electrons. The monoisotopic (exact) mass is 296 g/mol. The van der Waals surface area contributed by atoms with Crippen molar-refractivity contribution in [1.82, 2.24) is 0 Å². The van der Waals surface area contributed by atoms with E-state index in [1.165, 1.54) is 19.3 Å². The Morgan fingerprint density at radius 3 is 2.00 bits per heavy atom. The summed E-state index contributed by atoms with van der Waals surface area (Å²) in [5, 5.41) is -0.203. The average molecular weight is 297 g/mol. The molecule has 1 nitrogen and oxygen atoms in total. The maximum Gasteiger partial charge on any atom is 0.221 e. The number of allylic oxidation sites excluding steroid dienone is 6. The second-order valence-corrected chi connectivity index (χ2v) is 5.38. The van der Waals surface area contributed by atoms with Crippen LogP contribution in [-0.2, 0) is 4.79 Å². The molecule has 0 saturated heterocycles. The summed E-state index contributed by atoms with van der Waals surface area (Å²) in [7, 11) is 0. The summed E-state index contributed by atoms with van der Waals surface area (Å²) in [5.74, 6) is 0. The van der Waals surface area contributed by atoms with Crippen LogP contribution in [-0.4, -0.2) is 5.24 Å². The molecule has 0 saturated carbocycles. The quantitative estimate of drug-likeness (QED) is 0.220. The normalized spacial score (nSPS) is 12.1. The smallest absolute Gasteiger partial charge is 0.221 e. The molecular formula is C18H29ClO. The highest BCUT2D eigenvalue weighted by molar-refractivity contribution is 6.63. The first kappa shape index (κ1) is 19.2. The molecule has 0 aliphatic heterocycles. The Morgan fingerprint density at radius 1 is 0.800 bits per heavy atom. The third kappa shape index (κ3) is 17.2. The summed E-state index contributed by atoms with van der Waals surface area (Å²) < 4.78 is 0. The molecule has 0 N–H and O–H groups in total. The second-order valence-electron chi connectivity index (χ2n) is 4.96. The zero-order valence-corrected chi connectivity index (χ0v) is 13.6. The zero-order chi connectivity index (χ0) is 14.9. The van der Waals surface area contributed by atoms with E-state index in [1.54, 1.807) is 0 Å². The summed E-state index contributed by atoms with van der Waals surface area (Å²) in [6.45, 7) is 2.15. The van der Waals surface area contributed by atoms with Gasteiger partial charge in [0.2, 0.25) is 5.24 Å². The van der Waals surface area contributed by atoms with Gasteiger partial charge in [0.1, 0.15) is 0 Å². The van der Waals surface area contributed by atoms with Gasteiger partial charge in [-0.3, -0.25) is 4.79 Å². The Hall–Kier alpha value is -0.820. The van der Waals surface area contributed by atoms with Crippen molar-refractivity contribution >= 4 is 16.8 Å². The van der Waals surface area contributed by atoms with Gasteiger partial charge in [-0.05, 0) is 50.1 Å². The van der Waals surface area contributed by atoms with Gasteiger partial charge < -0.3 is 0 Å². The van der Waals surface area contributed by atoms with E-state index in [2.05, 4.69) is 43.4 Å². The third-order valence-corrected chi connectivity index (χ3v) is 3.21. The van der Waals surface area contributed by atoms with E-state index in [0.29, 0.717) is 6.42 Å². The SMILES string of the molecule is CCC=CCC=CCC=CCCCCCCCC(=O)Cl. The molecule has 20 heavy (non-hydrogen) atoms. The third-order valence-electron chi connectivity index (χ3n) is 3.02. The first-order valence-corrected chi connectivity index (χ1v) is 8.28. The zero-order valence-electron chi connectivity index (χ0n) is 12.8. The number of hydrogen-bond acceptors (Lipinski definition) is 1. The second kappa shape index (κ2) is 16.2. The van der Waals surface area contributed by atoms with E-state index in [4.69, 9.17) is 11.6 Å². The first-order valence-electron chi connectivity index (χ1n) is 7.90. The number of carbonyl (C=O) groups is 1. The van der Waals surface area contributed by atoms with Crippen LogP contribution in [0.15, 0.2) is 36.5 Å². The lowest BCUT2D eigenvalue weighted by molar-refractivity contribution is -0.111. The molecule has 0 fully saturated rings. The Kier molecular flexibility index (Phi) is 15.6. The van der Waals surface area contributed by atoms with Gasteiger partial charge in [-0.25, -0.2) is 0 Å². The fraction of sp³-hybridized carbons (Fsp3) is 0.611. The molecule has 0 aromatic heterocycles. The molecule has 0 aromatic rings. The highest BCUT2D eigenvalue weighted by Crippen LogP contribution is 2.08. The van der Waals surface area contributed by atoms with Crippen molar-refractivity contribution in [1.29, 1.82) is 0 Å². The Balaban J connectivity index is 3.23. The molecule has 0 amide bonds. The van der Waals surface area contributed by atoms with Gasteiger partial charge in [-0.2, -0.15) is 0 Å². The van der Waals surface area contributed by atoms with Gasteiger partial charge in [-0.1, -0.05) is 62.6 Å². The Bertz CT molecular complexity index is 303. The van der Waals surface area contributed by atoms with Gasteiger partial charge in [-0.15, -0.1) is 0 Å². The molecule has 0 spiro atoms. The van der Waals surface area contributed by atoms with Crippen LogP contribution < -0.4 is 0 Å². The van der Waals surface area contributed by atoms with E-state index >= 15 is 0 Å². The van der Waals surface area contributed by atoms with Crippen LogP contribution in [0.25, 0.3) is 0 Å². The minimum absolute atomic E-state index is 0.203. The van der Waals surface area contributed by atoms with Crippen molar-refractivity contribution in [2.24, 2.45) is 0 Å². The van der Waals surface area contributed by atoms with Crippen molar-refractivity contribution in [3.8, 4) is 0 Å². The number of halogens is 1. The fourth-order valence-corrected chi connectivity index (χ4v) is 2.02. The van der Waals surface area contributed by atoms with Crippen molar-refractivity contribution in [2.75, 3.05) is 0 Å². The summed E-state index contributed by atoms with van der Waals surface area (Å²) in [6.07, 6.45) is 24.0. The standard InChI is InChI=1S/C18H29ClO/c1-2-3-4-5-6-7-8-9-10-11-12-13-14-15-16-17-18(19)20/h3-4,6-7,9-10H,2,5,8,11-17H2,1H3. The topological polar surface area (TPSA) is 17.1 Å². The van der Waals surface area contributed by atoms with Crippen LogP contribution in [0.3, 0.4) is 0 Å². The summed E-state index contributed by atoms with van der Waals surface area (Å²) in [4.78, 5) is 10.5. The van der Waals surface area contributed by atoms with E-state index < -0.39 is 0 Å². The van der Waals surface area contributed by atoms with E-state index in [-0.39, 0.29) is 5.24 Å². The first-order chi connectivity index (χ1) is 9.77. The molecule has 0 aromatic carbocycles. The fourth-order valence-electron chi connectivity index (χ4n) is 1.88. The summed E-state index contributed by atoms with van der Waals surface area (Å²) >= 11 is 5.28. The van der Waals surface area contributed by atoms with Crippen LogP contribution in [0.1, 0.15) is 71.1 Å². The van der Waals surface area contributed by atoms with Crippen LogP contribution >= 0.6 is 11.6 Å². The molecule has 2 heteroatoms. The van der Waals surface area contributed by atoms with Gasteiger partial charge >= 0.3 is 0 Å². The number of rotatable bonds is 13. The predicted octanol–water partition coefficient (Wildman–Crippen LogP) is 6.34. The Labute approximate surface area is 129 Å². The van der Waals surface area contributed by atoms with Crippen molar-refractivity contribution in [3.63, 3.8) is 0 Å². The molecule has 0 aliphatic carbocycles. The molecular weight excluding hydrogens is 268 g/mol. The van der Waals surface area contributed by atoms with E-state index in [9.17, 15) is 4.79 Å². The van der Waals surface area contributed by atoms with Gasteiger partial charge in [0.05, 0.1) is 0 Å². The van der Waals surface area contributed by atoms with Crippen LogP contribution in [0, 0.1) is 0 Å². The Morgan fingerprint density at radius 2 is 1.35 bits per heavy atom. The van der Waals surface area contributed by atoms with Crippen molar-refractivity contribution < 1.29 is 4.79 Å². The van der Waals surface area contributed by atoms with E-state index in [0.717, 1.165) is 38.5 Å². The summed E-state index contributed by atoms with van der Waals surface area (Å²) in [6, 6.07) is 0. The number of carbonyl (C=O) groups excluding carboxylic acids is 1. The lowest BCUT2D eigenvalue weighted by Crippen LogP contribution is -1.86. The van der Waals surface area contributed by atoms with Crippen molar-refractivity contribution in [2.45, 2.75) is 71.1 Å².